The summed E-state index contributed by atoms with van der Waals surface area (Å²) in [5.41, 5.74) is 0.670. The second-order valence-corrected chi connectivity index (χ2v) is 6.58. The number of likely N-dealkylation sites (tertiary alicyclic amines) is 1. The summed E-state index contributed by atoms with van der Waals surface area (Å²) >= 11 is 0. The number of hydrogen-bond donors (Lipinski definition) is 2. The molecule has 154 valence electrons. The highest BCUT2D eigenvalue weighted by atomic mass is 127. The minimum absolute atomic E-state index is 0. The first kappa shape index (κ1) is 23.9. The van der Waals surface area contributed by atoms with Gasteiger partial charge in [-0.05, 0) is 50.9 Å². The van der Waals surface area contributed by atoms with Crippen molar-refractivity contribution < 1.29 is 13.5 Å². The van der Waals surface area contributed by atoms with E-state index in [0.29, 0.717) is 24.0 Å². The van der Waals surface area contributed by atoms with Crippen LogP contribution in [0.25, 0.3) is 0 Å². The van der Waals surface area contributed by atoms with Crippen LogP contribution in [0.5, 0.6) is 5.75 Å². The Labute approximate surface area is 178 Å². The molecule has 27 heavy (non-hydrogen) atoms. The van der Waals surface area contributed by atoms with Crippen LogP contribution in [-0.4, -0.2) is 50.7 Å². The van der Waals surface area contributed by atoms with Gasteiger partial charge in [-0.25, -0.2) is 0 Å². The molecule has 1 fully saturated rings. The number of alkyl halides is 2. The number of nitrogens with zero attached hydrogens (tertiary/aromatic N) is 2. The molecule has 5 nitrogen and oxygen atoms in total. The van der Waals surface area contributed by atoms with E-state index < -0.39 is 6.61 Å². The van der Waals surface area contributed by atoms with Crippen LogP contribution < -0.4 is 15.4 Å². The fourth-order valence-corrected chi connectivity index (χ4v) is 3.23. The molecule has 0 unspecified atom stereocenters. The van der Waals surface area contributed by atoms with Gasteiger partial charge in [-0.1, -0.05) is 25.1 Å². The van der Waals surface area contributed by atoms with Crippen LogP contribution in [0.1, 0.15) is 31.7 Å². The average molecular weight is 496 g/mol. The Balaban J connectivity index is 0.00000364. The van der Waals surface area contributed by atoms with Crippen LogP contribution in [0.4, 0.5) is 8.78 Å². The van der Waals surface area contributed by atoms with Crippen molar-refractivity contribution in [3.05, 3.63) is 29.8 Å². The van der Waals surface area contributed by atoms with Crippen molar-refractivity contribution in [3.63, 3.8) is 0 Å². The predicted octanol–water partition coefficient (Wildman–Crippen LogP) is 3.69. The first-order valence-corrected chi connectivity index (χ1v) is 9.32. The summed E-state index contributed by atoms with van der Waals surface area (Å²) in [6.45, 7) is 4.13. The van der Waals surface area contributed by atoms with Crippen molar-refractivity contribution >= 4 is 29.9 Å². The Kier molecular flexibility index (Phi) is 11.6. The minimum Gasteiger partial charge on any atom is -0.434 e. The van der Waals surface area contributed by atoms with Crippen molar-refractivity contribution in [1.29, 1.82) is 0 Å². The molecule has 0 aromatic heterocycles. The van der Waals surface area contributed by atoms with Gasteiger partial charge in [0.2, 0.25) is 0 Å². The molecular weight excluding hydrogens is 465 g/mol. The maximum Gasteiger partial charge on any atom is 0.387 e. The average Bonchev–Trinajstić information content (AvgIpc) is 2.64. The number of ether oxygens (including phenoxy) is 1. The Bertz CT molecular complexity index is 566. The van der Waals surface area contributed by atoms with E-state index in [0.717, 1.165) is 19.6 Å². The smallest absolute Gasteiger partial charge is 0.387 e. The summed E-state index contributed by atoms with van der Waals surface area (Å²) in [5.74, 6) is 1.50. The predicted molar refractivity (Wildman–Crippen MR) is 116 cm³/mol. The molecule has 1 aromatic rings. The first-order chi connectivity index (χ1) is 12.6. The maximum absolute atomic E-state index is 12.5. The standard InChI is InChI=1S/C19H30F2N4O.HI/c1-3-10-25-11-8-15(9-12-25)13-23-19(22-2)24-14-16-6-4-5-7-17(16)26-18(20)21;/h4-7,15,18H,3,8-14H2,1-2H3,(H2,22,23,24);1H. The van der Waals surface area contributed by atoms with Crippen molar-refractivity contribution in [2.45, 2.75) is 39.3 Å². The summed E-state index contributed by atoms with van der Waals surface area (Å²) in [7, 11) is 1.71. The van der Waals surface area contributed by atoms with Crippen LogP contribution in [-0.2, 0) is 6.54 Å². The lowest BCUT2D eigenvalue weighted by atomic mass is 9.97. The van der Waals surface area contributed by atoms with Gasteiger partial charge in [-0.3, -0.25) is 4.99 Å². The first-order valence-electron chi connectivity index (χ1n) is 9.32. The Morgan fingerprint density at radius 1 is 1.26 bits per heavy atom. The molecule has 1 aliphatic heterocycles. The number of guanidine groups is 1. The van der Waals surface area contributed by atoms with Gasteiger partial charge in [-0.2, -0.15) is 8.78 Å². The summed E-state index contributed by atoms with van der Waals surface area (Å²) in [5, 5.41) is 6.52. The topological polar surface area (TPSA) is 48.9 Å². The summed E-state index contributed by atoms with van der Waals surface area (Å²) in [6, 6.07) is 6.79. The van der Waals surface area contributed by atoms with Crippen LogP contribution in [0.2, 0.25) is 0 Å². The molecular formula is C19H31F2IN4O. The maximum atomic E-state index is 12.5. The SMILES string of the molecule is CCCN1CCC(CNC(=NC)NCc2ccccc2OC(F)F)CC1.I. The molecule has 1 aromatic carbocycles. The number of nitrogens with one attached hydrogen (secondary N) is 2. The fraction of sp³-hybridized carbons (Fsp3) is 0.632. The second kappa shape index (κ2) is 13.1. The van der Waals surface area contributed by atoms with Gasteiger partial charge in [0.1, 0.15) is 5.75 Å². The molecule has 0 saturated carbocycles. The lowest BCUT2D eigenvalue weighted by Gasteiger charge is -2.32. The summed E-state index contributed by atoms with van der Waals surface area (Å²) in [4.78, 5) is 6.73. The molecule has 0 spiro atoms. The number of halogens is 3. The van der Waals surface area contributed by atoms with Crippen LogP contribution in [0, 0.1) is 5.92 Å². The highest BCUT2D eigenvalue weighted by molar-refractivity contribution is 14.0. The second-order valence-electron chi connectivity index (χ2n) is 6.58. The summed E-state index contributed by atoms with van der Waals surface area (Å²) in [6.07, 6.45) is 3.58. The van der Waals surface area contributed by atoms with Crippen molar-refractivity contribution in [3.8, 4) is 5.75 Å². The van der Waals surface area contributed by atoms with Gasteiger partial charge in [0.25, 0.3) is 0 Å². The van der Waals surface area contributed by atoms with E-state index in [2.05, 4.69) is 32.2 Å². The number of piperidine rings is 1. The normalized spacial score (nSPS) is 16.1. The highest BCUT2D eigenvalue weighted by Crippen LogP contribution is 2.20. The number of benzene rings is 1. The molecule has 1 aliphatic rings. The van der Waals surface area contributed by atoms with Crippen LogP contribution in [0.3, 0.4) is 0 Å². The molecule has 1 saturated heterocycles. The van der Waals surface area contributed by atoms with E-state index in [1.54, 1.807) is 31.3 Å². The van der Waals surface area contributed by atoms with E-state index in [1.165, 1.54) is 25.8 Å². The Morgan fingerprint density at radius 2 is 1.96 bits per heavy atom. The van der Waals surface area contributed by atoms with Gasteiger partial charge in [0.15, 0.2) is 5.96 Å². The zero-order chi connectivity index (χ0) is 18.8. The van der Waals surface area contributed by atoms with Gasteiger partial charge >= 0.3 is 6.61 Å². The quantitative estimate of drug-likeness (QED) is 0.328. The number of aliphatic imine (C=N–C) groups is 1. The molecule has 2 N–H and O–H groups in total. The molecule has 1 heterocycles. The molecule has 2 rings (SSSR count). The van der Waals surface area contributed by atoms with Crippen LogP contribution >= 0.6 is 24.0 Å². The Hall–Kier alpha value is -1.16. The van der Waals surface area contributed by atoms with E-state index in [1.807, 2.05) is 0 Å². The fourth-order valence-electron chi connectivity index (χ4n) is 3.23. The zero-order valence-electron chi connectivity index (χ0n) is 16.1. The van der Waals surface area contributed by atoms with E-state index >= 15 is 0 Å². The van der Waals surface area contributed by atoms with Crippen molar-refractivity contribution in [2.24, 2.45) is 10.9 Å². The zero-order valence-corrected chi connectivity index (χ0v) is 18.4. The van der Waals surface area contributed by atoms with Crippen molar-refractivity contribution in [2.75, 3.05) is 33.2 Å². The largest absolute Gasteiger partial charge is 0.434 e. The highest BCUT2D eigenvalue weighted by Gasteiger charge is 2.18. The Morgan fingerprint density at radius 3 is 2.59 bits per heavy atom. The van der Waals surface area contributed by atoms with E-state index in [4.69, 9.17) is 0 Å². The molecule has 0 amide bonds. The van der Waals surface area contributed by atoms with Crippen LogP contribution in [0.15, 0.2) is 29.3 Å². The lowest BCUT2D eigenvalue weighted by Crippen LogP contribution is -2.42. The molecule has 0 bridgehead atoms. The lowest BCUT2D eigenvalue weighted by molar-refractivity contribution is -0.0504. The number of hydrogen-bond acceptors (Lipinski definition) is 3. The van der Waals surface area contributed by atoms with E-state index in [-0.39, 0.29) is 29.7 Å². The number of rotatable bonds is 8. The minimum atomic E-state index is -2.83. The van der Waals surface area contributed by atoms with Gasteiger partial charge in [0.05, 0.1) is 0 Å². The number of para-hydroxylation sites is 1. The molecule has 8 heteroatoms. The third-order valence-corrected chi connectivity index (χ3v) is 4.66. The third-order valence-electron chi connectivity index (χ3n) is 4.66. The molecule has 0 atom stereocenters. The monoisotopic (exact) mass is 496 g/mol. The summed E-state index contributed by atoms with van der Waals surface area (Å²) < 4.78 is 29.5. The van der Waals surface area contributed by atoms with Gasteiger partial charge < -0.3 is 20.3 Å². The van der Waals surface area contributed by atoms with Gasteiger partial charge in [0, 0.05) is 25.7 Å². The molecule has 0 aliphatic carbocycles. The van der Waals surface area contributed by atoms with Gasteiger partial charge in [-0.15, -0.1) is 24.0 Å². The van der Waals surface area contributed by atoms with E-state index in [9.17, 15) is 8.78 Å². The third kappa shape index (κ3) is 8.59. The van der Waals surface area contributed by atoms with Crippen molar-refractivity contribution in [1.82, 2.24) is 15.5 Å². The molecule has 0 radical (unpaired) electrons.